The Labute approximate surface area is 98.0 Å². The first-order valence-corrected chi connectivity index (χ1v) is 5.08. The average molecular weight is 239 g/mol. The SMILES string of the molecule is CC(OCCc1ccc([N+](=O)[O-])cc1)C(=O)O. The molecule has 0 fully saturated rings. The summed E-state index contributed by atoms with van der Waals surface area (Å²) in [7, 11) is 0. The number of hydrogen-bond donors (Lipinski definition) is 1. The van der Waals surface area contributed by atoms with Crippen LogP contribution >= 0.6 is 0 Å². The lowest BCUT2D eigenvalue weighted by atomic mass is 10.1. The number of nitro groups is 1. The molecule has 0 spiro atoms. The molecule has 1 unspecified atom stereocenters. The Hall–Kier alpha value is -1.95. The van der Waals surface area contributed by atoms with Crippen molar-refractivity contribution in [3.8, 4) is 0 Å². The van der Waals surface area contributed by atoms with Crippen LogP contribution in [0.2, 0.25) is 0 Å². The molecule has 17 heavy (non-hydrogen) atoms. The molecule has 6 nitrogen and oxygen atoms in total. The molecule has 1 aromatic rings. The largest absolute Gasteiger partial charge is 0.479 e. The topological polar surface area (TPSA) is 89.7 Å². The molecule has 1 rings (SSSR count). The monoisotopic (exact) mass is 239 g/mol. The van der Waals surface area contributed by atoms with Gasteiger partial charge in [0.05, 0.1) is 11.5 Å². The molecule has 0 bridgehead atoms. The molecule has 6 heteroatoms. The van der Waals surface area contributed by atoms with E-state index in [0.717, 1.165) is 5.56 Å². The number of carboxylic acids is 1. The summed E-state index contributed by atoms with van der Waals surface area (Å²) in [6.07, 6.45) is -0.316. The van der Waals surface area contributed by atoms with Gasteiger partial charge in [-0.2, -0.15) is 0 Å². The molecule has 0 amide bonds. The Bertz CT molecular complexity index is 401. The van der Waals surface area contributed by atoms with E-state index in [4.69, 9.17) is 9.84 Å². The summed E-state index contributed by atoms with van der Waals surface area (Å²) in [4.78, 5) is 20.4. The molecule has 0 aromatic heterocycles. The molecule has 1 N–H and O–H groups in total. The van der Waals surface area contributed by atoms with Crippen LogP contribution in [0.15, 0.2) is 24.3 Å². The van der Waals surface area contributed by atoms with Crippen LogP contribution in [-0.2, 0) is 16.0 Å². The first-order chi connectivity index (χ1) is 8.00. The fourth-order valence-corrected chi connectivity index (χ4v) is 1.21. The number of carboxylic acid groups (broad SMARTS) is 1. The average Bonchev–Trinajstić information content (AvgIpc) is 2.29. The third-order valence-corrected chi connectivity index (χ3v) is 2.25. The standard InChI is InChI=1S/C11H13NO5/c1-8(11(13)14)17-7-6-9-2-4-10(5-3-9)12(15)16/h2-5,8H,6-7H2,1H3,(H,13,14). The predicted octanol–water partition coefficient (Wildman–Crippen LogP) is 1.63. The Morgan fingerprint density at radius 3 is 2.53 bits per heavy atom. The van der Waals surface area contributed by atoms with Crippen molar-refractivity contribution >= 4 is 11.7 Å². The number of nitrogens with zero attached hydrogens (tertiary/aromatic N) is 1. The van der Waals surface area contributed by atoms with Gasteiger partial charge in [0, 0.05) is 12.1 Å². The predicted molar refractivity (Wildman–Crippen MR) is 59.9 cm³/mol. The molecular weight excluding hydrogens is 226 g/mol. The van der Waals surface area contributed by atoms with Crippen LogP contribution < -0.4 is 0 Å². The first-order valence-electron chi connectivity index (χ1n) is 5.08. The molecule has 0 aliphatic carbocycles. The van der Waals surface area contributed by atoms with Gasteiger partial charge in [0.1, 0.15) is 0 Å². The maximum Gasteiger partial charge on any atom is 0.332 e. The van der Waals surface area contributed by atoms with Gasteiger partial charge in [-0.25, -0.2) is 4.79 Å². The van der Waals surface area contributed by atoms with Crippen molar-refractivity contribution in [1.82, 2.24) is 0 Å². The highest BCUT2D eigenvalue weighted by molar-refractivity contribution is 5.71. The molecule has 0 radical (unpaired) electrons. The minimum absolute atomic E-state index is 0.0357. The highest BCUT2D eigenvalue weighted by Crippen LogP contribution is 2.12. The normalized spacial score (nSPS) is 12.1. The summed E-state index contributed by atoms with van der Waals surface area (Å²) in [6, 6.07) is 6.09. The van der Waals surface area contributed by atoms with Crippen molar-refractivity contribution in [3.63, 3.8) is 0 Å². The van der Waals surface area contributed by atoms with Crippen LogP contribution in [0.1, 0.15) is 12.5 Å². The van der Waals surface area contributed by atoms with Crippen molar-refractivity contribution in [2.24, 2.45) is 0 Å². The van der Waals surface area contributed by atoms with Crippen molar-refractivity contribution in [1.29, 1.82) is 0 Å². The molecule has 92 valence electrons. The van der Waals surface area contributed by atoms with E-state index >= 15 is 0 Å². The van der Waals surface area contributed by atoms with Gasteiger partial charge in [-0.15, -0.1) is 0 Å². The Morgan fingerprint density at radius 2 is 2.06 bits per heavy atom. The molecule has 0 aliphatic heterocycles. The second-order valence-electron chi connectivity index (χ2n) is 3.52. The number of nitro benzene ring substituents is 1. The van der Waals surface area contributed by atoms with E-state index in [2.05, 4.69) is 0 Å². The number of rotatable bonds is 6. The van der Waals surface area contributed by atoms with Crippen molar-refractivity contribution in [3.05, 3.63) is 39.9 Å². The zero-order valence-electron chi connectivity index (χ0n) is 9.33. The van der Waals surface area contributed by atoms with Gasteiger partial charge in [-0.3, -0.25) is 10.1 Å². The molecule has 1 aromatic carbocycles. The number of hydrogen-bond acceptors (Lipinski definition) is 4. The summed E-state index contributed by atoms with van der Waals surface area (Å²) >= 11 is 0. The van der Waals surface area contributed by atoms with Gasteiger partial charge >= 0.3 is 5.97 Å². The molecule has 1 atom stereocenters. The molecular formula is C11H13NO5. The van der Waals surface area contributed by atoms with Crippen molar-refractivity contribution in [2.45, 2.75) is 19.4 Å². The van der Waals surface area contributed by atoms with E-state index in [1.165, 1.54) is 19.1 Å². The van der Waals surface area contributed by atoms with E-state index in [1.54, 1.807) is 12.1 Å². The number of non-ortho nitro benzene ring substituents is 1. The Kier molecular flexibility index (Phi) is 4.59. The lowest BCUT2D eigenvalue weighted by molar-refractivity contribution is -0.384. The quantitative estimate of drug-likeness (QED) is 0.601. The summed E-state index contributed by atoms with van der Waals surface area (Å²) in [6.45, 7) is 1.73. The van der Waals surface area contributed by atoms with Gasteiger partial charge < -0.3 is 9.84 Å². The van der Waals surface area contributed by atoms with Gasteiger partial charge in [0.15, 0.2) is 6.10 Å². The van der Waals surface area contributed by atoms with Gasteiger partial charge in [0.2, 0.25) is 0 Å². The highest BCUT2D eigenvalue weighted by atomic mass is 16.6. The summed E-state index contributed by atoms with van der Waals surface area (Å²) in [5.74, 6) is -1.01. The third-order valence-electron chi connectivity index (χ3n) is 2.25. The maximum atomic E-state index is 10.5. The molecule has 0 saturated heterocycles. The number of benzene rings is 1. The zero-order chi connectivity index (χ0) is 12.8. The Morgan fingerprint density at radius 1 is 1.47 bits per heavy atom. The molecule has 0 heterocycles. The lowest BCUT2D eigenvalue weighted by Crippen LogP contribution is -2.20. The smallest absolute Gasteiger partial charge is 0.332 e. The molecule has 0 aliphatic rings. The number of ether oxygens (including phenoxy) is 1. The van der Waals surface area contributed by atoms with Gasteiger partial charge in [-0.1, -0.05) is 12.1 Å². The van der Waals surface area contributed by atoms with Gasteiger partial charge in [0.25, 0.3) is 5.69 Å². The fraction of sp³-hybridized carbons (Fsp3) is 0.364. The van der Waals surface area contributed by atoms with E-state index in [-0.39, 0.29) is 12.3 Å². The second-order valence-corrected chi connectivity index (χ2v) is 3.52. The highest BCUT2D eigenvalue weighted by Gasteiger charge is 2.10. The van der Waals surface area contributed by atoms with E-state index < -0.39 is 17.0 Å². The minimum Gasteiger partial charge on any atom is -0.479 e. The Balaban J connectivity index is 2.42. The van der Waals surface area contributed by atoms with E-state index in [1.807, 2.05) is 0 Å². The van der Waals surface area contributed by atoms with Crippen LogP contribution in [0.4, 0.5) is 5.69 Å². The summed E-state index contributed by atoms with van der Waals surface area (Å²) < 4.78 is 5.05. The second kappa shape index (κ2) is 5.95. The maximum absolute atomic E-state index is 10.5. The number of aliphatic carboxylic acids is 1. The summed E-state index contributed by atoms with van der Waals surface area (Å²) in [5, 5.41) is 19.0. The van der Waals surface area contributed by atoms with Crippen LogP contribution in [0, 0.1) is 10.1 Å². The lowest BCUT2D eigenvalue weighted by Gasteiger charge is -2.07. The van der Waals surface area contributed by atoms with Crippen molar-refractivity contribution in [2.75, 3.05) is 6.61 Å². The van der Waals surface area contributed by atoms with Crippen LogP contribution in [0.3, 0.4) is 0 Å². The number of carbonyl (C=O) groups is 1. The fourth-order valence-electron chi connectivity index (χ4n) is 1.21. The van der Waals surface area contributed by atoms with Crippen molar-refractivity contribution < 1.29 is 19.6 Å². The zero-order valence-corrected chi connectivity index (χ0v) is 9.33. The first kappa shape index (κ1) is 13.1. The van der Waals surface area contributed by atoms with Gasteiger partial charge in [-0.05, 0) is 18.9 Å². The summed E-state index contributed by atoms with van der Waals surface area (Å²) in [5.41, 5.74) is 0.904. The van der Waals surface area contributed by atoms with E-state index in [9.17, 15) is 14.9 Å². The van der Waals surface area contributed by atoms with Crippen LogP contribution in [0.25, 0.3) is 0 Å². The van der Waals surface area contributed by atoms with E-state index in [0.29, 0.717) is 6.42 Å². The van der Waals surface area contributed by atoms with Crippen LogP contribution in [0.5, 0.6) is 0 Å². The molecule has 0 saturated carbocycles. The van der Waals surface area contributed by atoms with Crippen LogP contribution in [-0.4, -0.2) is 28.7 Å². The third kappa shape index (κ3) is 4.20. The minimum atomic E-state index is -1.01.